The molecule has 5 heteroatoms. The maximum atomic E-state index is 12.2. The highest BCUT2D eigenvalue weighted by Gasteiger charge is 2.22. The molecular weight excluding hydrogens is 304 g/mol. The summed E-state index contributed by atoms with van der Waals surface area (Å²) in [5.41, 5.74) is 2.66. The molecule has 0 saturated carbocycles. The lowest BCUT2D eigenvalue weighted by Gasteiger charge is -2.35. The van der Waals surface area contributed by atoms with E-state index in [-0.39, 0.29) is 6.09 Å². The molecule has 1 aliphatic heterocycles. The predicted molar refractivity (Wildman–Crippen MR) is 92.2 cm³/mol. The quantitative estimate of drug-likeness (QED) is 0.811. The number of aldehydes is 1. The molecule has 0 bridgehead atoms. The molecule has 5 nitrogen and oxygen atoms in total. The third kappa shape index (κ3) is 3.93. The number of hydrogen-bond donors (Lipinski definition) is 0. The highest BCUT2D eigenvalue weighted by molar-refractivity contribution is 5.77. The molecule has 0 unspecified atom stereocenters. The Balaban J connectivity index is 1.51. The first-order valence-corrected chi connectivity index (χ1v) is 8.02. The van der Waals surface area contributed by atoms with Crippen molar-refractivity contribution in [2.75, 3.05) is 31.1 Å². The monoisotopic (exact) mass is 324 g/mol. The summed E-state index contributed by atoms with van der Waals surface area (Å²) in [6.07, 6.45) is 0.570. The highest BCUT2D eigenvalue weighted by Crippen LogP contribution is 2.18. The van der Waals surface area contributed by atoms with E-state index in [4.69, 9.17) is 4.74 Å². The highest BCUT2D eigenvalue weighted by atomic mass is 16.6. The minimum atomic E-state index is -0.278. The summed E-state index contributed by atoms with van der Waals surface area (Å²) in [6, 6.07) is 17.2. The smallest absolute Gasteiger partial charge is 0.410 e. The van der Waals surface area contributed by atoms with E-state index in [9.17, 15) is 9.59 Å². The van der Waals surface area contributed by atoms with Crippen LogP contribution in [0.3, 0.4) is 0 Å². The Bertz CT molecular complexity index is 695. The van der Waals surface area contributed by atoms with E-state index in [1.165, 1.54) is 0 Å². The molecular formula is C19H20N2O3. The van der Waals surface area contributed by atoms with Gasteiger partial charge in [0, 0.05) is 37.4 Å². The van der Waals surface area contributed by atoms with Gasteiger partial charge in [0.25, 0.3) is 0 Å². The fourth-order valence-electron chi connectivity index (χ4n) is 2.75. The van der Waals surface area contributed by atoms with Gasteiger partial charge in [0.2, 0.25) is 0 Å². The molecule has 1 saturated heterocycles. The third-order valence-corrected chi connectivity index (χ3v) is 4.11. The fourth-order valence-corrected chi connectivity index (χ4v) is 2.75. The van der Waals surface area contributed by atoms with Crippen LogP contribution in [0.5, 0.6) is 0 Å². The molecule has 3 rings (SSSR count). The SMILES string of the molecule is O=Cc1cccc(N2CCN(C(=O)OCc3ccccc3)CC2)c1. The van der Waals surface area contributed by atoms with Crippen LogP contribution in [0.15, 0.2) is 54.6 Å². The Labute approximate surface area is 141 Å². The van der Waals surface area contributed by atoms with E-state index < -0.39 is 0 Å². The summed E-state index contributed by atoms with van der Waals surface area (Å²) >= 11 is 0. The average molecular weight is 324 g/mol. The number of amides is 1. The number of hydrogen-bond acceptors (Lipinski definition) is 4. The lowest BCUT2D eigenvalue weighted by Crippen LogP contribution is -2.48. The van der Waals surface area contributed by atoms with Gasteiger partial charge in [-0.3, -0.25) is 4.79 Å². The maximum Gasteiger partial charge on any atom is 0.410 e. The zero-order chi connectivity index (χ0) is 16.8. The topological polar surface area (TPSA) is 49.9 Å². The summed E-state index contributed by atoms with van der Waals surface area (Å²) in [4.78, 5) is 26.9. The first kappa shape index (κ1) is 16.1. The number of carbonyl (C=O) groups excluding carboxylic acids is 2. The predicted octanol–water partition coefficient (Wildman–Crippen LogP) is 2.96. The van der Waals surface area contributed by atoms with E-state index in [1.54, 1.807) is 11.0 Å². The lowest BCUT2D eigenvalue weighted by molar-refractivity contribution is 0.0942. The molecule has 0 N–H and O–H groups in total. The summed E-state index contributed by atoms with van der Waals surface area (Å²) in [5.74, 6) is 0. The van der Waals surface area contributed by atoms with Crippen molar-refractivity contribution >= 4 is 18.1 Å². The fraction of sp³-hybridized carbons (Fsp3) is 0.263. The van der Waals surface area contributed by atoms with Crippen LogP contribution in [-0.2, 0) is 11.3 Å². The molecule has 0 atom stereocenters. The Kier molecular flexibility index (Phi) is 5.11. The van der Waals surface area contributed by atoms with Gasteiger partial charge < -0.3 is 14.5 Å². The van der Waals surface area contributed by atoms with E-state index >= 15 is 0 Å². The average Bonchev–Trinajstić information content (AvgIpc) is 2.67. The standard InChI is InChI=1S/C19H20N2O3/c22-14-17-7-4-8-18(13-17)20-9-11-21(12-10-20)19(23)24-15-16-5-2-1-3-6-16/h1-8,13-14H,9-12,15H2. The van der Waals surface area contributed by atoms with Crippen LogP contribution in [0, 0.1) is 0 Å². The van der Waals surface area contributed by atoms with Crippen molar-refractivity contribution in [3.05, 3.63) is 65.7 Å². The number of nitrogens with zero attached hydrogens (tertiary/aromatic N) is 2. The van der Waals surface area contributed by atoms with Gasteiger partial charge in [0.15, 0.2) is 0 Å². The number of carbonyl (C=O) groups is 2. The van der Waals surface area contributed by atoms with E-state index in [1.807, 2.05) is 48.5 Å². The van der Waals surface area contributed by atoms with E-state index in [2.05, 4.69) is 4.90 Å². The molecule has 1 amide bonds. The van der Waals surface area contributed by atoms with Gasteiger partial charge in [-0.25, -0.2) is 4.79 Å². The molecule has 0 radical (unpaired) electrons. The second-order valence-electron chi connectivity index (χ2n) is 5.73. The van der Waals surface area contributed by atoms with Crippen LogP contribution in [0.25, 0.3) is 0 Å². The van der Waals surface area contributed by atoms with E-state index in [0.717, 1.165) is 30.6 Å². The first-order chi connectivity index (χ1) is 11.8. The van der Waals surface area contributed by atoms with Gasteiger partial charge in [0.05, 0.1) is 0 Å². The zero-order valence-corrected chi connectivity index (χ0v) is 13.4. The normalized spacial score (nSPS) is 14.3. The molecule has 124 valence electrons. The Morgan fingerprint density at radius 2 is 1.75 bits per heavy atom. The molecule has 1 heterocycles. The molecule has 24 heavy (non-hydrogen) atoms. The van der Waals surface area contributed by atoms with Crippen molar-refractivity contribution in [1.82, 2.24) is 4.90 Å². The number of anilines is 1. The van der Waals surface area contributed by atoms with Crippen LogP contribution in [0.2, 0.25) is 0 Å². The minimum Gasteiger partial charge on any atom is -0.445 e. The number of benzene rings is 2. The Morgan fingerprint density at radius 1 is 1.00 bits per heavy atom. The number of ether oxygens (including phenoxy) is 1. The third-order valence-electron chi connectivity index (χ3n) is 4.11. The van der Waals surface area contributed by atoms with Crippen LogP contribution in [0.4, 0.5) is 10.5 Å². The van der Waals surface area contributed by atoms with Gasteiger partial charge in [-0.1, -0.05) is 42.5 Å². The van der Waals surface area contributed by atoms with Crippen molar-refractivity contribution in [3.8, 4) is 0 Å². The molecule has 1 fully saturated rings. The van der Waals surface area contributed by atoms with Gasteiger partial charge >= 0.3 is 6.09 Å². The zero-order valence-electron chi connectivity index (χ0n) is 13.4. The molecule has 0 spiro atoms. The van der Waals surface area contributed by atoms with Crippen molar-refractivity contribution in [2.24, 2.45) is 0 Å². The van der Waals surface area contributed by atoms with Gasteiger partial charge in [-0.05, 0) is 17.7 Å². The lowest BCUT2D eigenvalue weighted by atomic mass is 10.2. The number of rotatable bonds is 4. The maximum absolute atomic E-state index is 12.2. The Hall–Kier alpha value is -2.82. The molecule has 2 aromatic rings. The summed E-state index contributed by atoms with van der Waals surface area (Å²) in [7, 11) is 0. The van der Waals surface area contributed by atoms with Crippen molar-refractivity contribution in [2.45, 2.75) is 6.61 Å². The number of piperazine rings is 1. The second-order valence-corrected chi connectivity index (χ2v) is 5.73. The van der Waals surface area contributed by atoms with Gasteiger partial charge in [-0.15, -0.1) is 0 Å². The molecule has 0 aliphatic carbocycles. The Morgan fingerprint density at radius 3 is 2.46 bits per heavy atom. The van der Waals surface area contributed by atoms with Gasteiger partial charge in [0.1, 0.15) is 12.9 Å². The van der Waals surface area contributed by atoms with Crippen LogP contribution >= 0.6 is 0 Å². The van der Waals surface area contributed by atoms with E-state index in [0.29, 0.717) is 25.3 Å². The largest absolute Gasteiger partial charge is 0.445 e. The second kappa shape index (κ2) is 7.64. The van der Waals surface area contributed by atoms with Crippen molar-refractivity contribution in [1.29, 1.82) is 0 Å². The van der Waals surface area contributed by atoms with Crippen molar-refractivity contribution in [3.63, 3.8) is 0 Å². The van der Waals surface area contributed by atoms with Crippen molar-refractivity contribution < 1.29 is 14.3 Å². The minimum absolute atomic E-state index is 0.278. The van der Waals surface area contributed by atoms with Crippen LogP contribution in [-0.4, -0.2) is 43.5 Å². The van der Waals surface area contributed by atoms with Crippen LogP contribution in [0.1, 0.15) is 15.9 Å². The summed E-state index contributed by atoms with van der Waals surface area (Å²) in [6.45, 7) is 2.96. The van der Waals surface area contributed by atoms with Gasteiger partial charge in [-0.2, -0.15) is 0 Å². The summed E-state index contributed by atoms with van der Waals surface area (Å²) < 4.78 is 5.37. The molecule has 2 aromatic carbocycles. The molecule has 1 aliphatic rings. The first-order valence-electron chi connectivity index (χ1n) is 8.02. The molecule has 0 aromatic heterocycles. The summed E-state index contributed by atoms with van der Waals surface area (Å²) in [5, 5.41) is 0. The van der Waals surface area contributed by atoms with Crippen LogP contribution < -0.4 is 4.90 Å².